The molecule has 0 aromatic carbocycles. The van der Waals surface area contributed by atoms with E-state index in [-0.39, 0.29) is 168 Å². The molecule has 0 aliphatic rings. The molecule has 0 amide bonds. The van der Waals surface area contributed by atoms with Crippen molar-refractivity contribution in [1.29, 1.82) is 0 Å². The summed E-state index contributed by atoms with van der Waals surface area (Å²) >= 11 is 0. The van der Waals surface area contributed by atoms with Crippen molar-refractivity contribution in [2.75, 3.05) is 0 Å². The standard InChI is InChI=1S/2C4H6O6.2K.3H2O.2Sb/c2*5-1(3(7)8)2(6)4(9)10;;;;;;;/h2*1-2,5-6H,(H,7,8)(H,9,10);;;3*1H2;;/q;;2*+1;;;;;/p-2. The van der Waals surface area contributed by atoms with Crippen LogP contribution in [0.15, 0.2) is 0 Å². The zero-order valence-corrected chi connectivity index (χ0v) is 25.2. The molecule has 4 atom stereocenters. The van der Waals surface area contributed by atoms with Gasteiger partial charge in [-0.3, -0.25) is 0 Å². The molecule has 15 nitrogen and oxygen atoms in total. The molecule has 0 aliphatic carbocycles. The van der Waals surface area contributed by atoms with Crippen LogP contribution in [0.5, 0.6) is 0 Å². The third-order valence-electron chi connectivity index (χ3n) is 1.59. The first-order chi connectivity index (χ1) is 8.93. The first-order valence-corrected chi connectivity index (χ1v) is 4.53. The second-order valence-electron chi connectivity index (χ2n) is 3.09. The van der Waals surface area contributed by atoms with Gasteiger partial charge in [0.15, 0.2) is 12.2 Å². The molecule has 0 heterocycles. The van der Waals surface area contributed by atoms with E-state index >= 15 is 0 Å². The quantitative estimate of drug-likeness (QED) is 0.143. The van der Waals surface area contributed by atoms with E-state index in [4.69, 9.17) is 30.6 Å². The monoisotopic (exact) mass is 672 g/mol. The van der Waals surface area contributed by atoms with Crippen molar-refractivity contribution < 1.29 is 179 Å². The summed E-state index contributed by atoms with van der Waals surface area (Å²) in [6.07, 6.45) is -9.41. The summed E-state index contributed by atoms with van der Waals surface area (Å²) in [6.45, 7) is 0. The second-order valence-corrected chi connectivity index (χ2v) is 3.09. The molecule has 0 aromatic heterocycles. The van der Waals surface area contributed by atoms with Gasteiger partial charge in [-0.2, -0.15) is 0 Å². The maximum Gasteiger partial charge on any atom is 1.00 e. The van der Waals surface area contributed by atoms with Gasteiger partial charge >= 0.3 is 115 Å². The van der Waals surface area contributed by atoms with Gasteiger partial charge in [0.1, 0.15) is 12.2 Å². The van der Waals surface area contributed by atoms with E-state index in [1.54, 1.807) is 0 Å². The number of aliphatic hydroxyl groups is 4. The number of carbonyl (C=O) groups is 4. The van der Waals surface area contributed by atoms with Crippen molar-refractivity contribution in [3.05, 3.63) is 0 Å². The van der Waals surface area contributed by atoms with Crippen molar-refractivity contribution in [2.45, 2.75) is 24.4 Å². The first kappa shape index (κ1) is 57.0. The minimum atomic E-state index is -2.38. The van der Waals surface area contributed by atoms with Crippen LogP contribution in [0.25, 0.3) is 0 Å². The maximum atomic E-state index is 9.74. The topological polar surface area (TPSA) is 330 Å². The summed E-state index contributed by atoms with van der Waals surface area (Å²) in [4.78, 5) is 38.8. The zero-order valence-electron chi connectivity index (χ0n) is 13.8. The Morgan fingerprint density at radius 1 is 0.556 bits per heavy atom. The molecule has 150 valence electrons. The number of carbonyl (C=O) groups excluding carboxylic acids is 2. The summed E-state index contributed by atoms with van der Waals surface area (Å²) < 4.78 is 0. The van der Waals surface area contributed by atoms with E-state index in [9.17, 15) is 29.4 Å². The van der Waals surface area contributed by atoms with E-state index in [0.29, 0.717) is 0 Å². The predicted molar refractivity (Wildman–Crippen MR) is 71.7 cm³/mol. The van der Waals surface area contributed by atoms with Crippen LogP contribution in [0, 0.1) is 0 Å². The summed E-state index contributed by atoms with van der Waals surface area (Å²) in [5.41, 5.74) is 0. The Balaban J connectivity index is -0.0000000272. The average Bonchev–Trinajstić information content (AvgIpc) is 2.35. The normalized spacial score (nSPS) is 11.7. The van der Waals surface area contributed by atoms with Gasteiger partial charge in [-0.05, 0) is 0 Å². The average molecular weight is 674 g/mol. The van der Waals surface area contributed by atoms with Gasteiger partial charge in [0, 0.05) is 48.9 Å². The van der Waals surface area contributed by atoms with E-state index in [0.717, 1.165) is 0 Å². The van der Waals surface area contributed by atoms with E-state index in [2.05, 4.69) is 0 Å². The third kappa shape index (κ3) is 28.5. The van der Waals surface area contributed by atoms with Crippen molar-refractivity contribution in [2.24, 2.45) is 0 Å². The van der Waals surface area contributed by atoms with Crippen molar-refractivity contribution in [3.63, 3.8) is 0 Å². The fourth-order valence-corrected chi connectivity index (χ4v) is 0.528. The van der Waals surface area contributed by atoms with Crippen molar-refractivity contribution >= 4 is 72.7 Å². The number of hydrogen-bond donors (Lipinski definition) is 6. The molecule has 0 aromatic rings. The van der Waals surface area contributed by atoms with Gasteiger partial charge in [0.2, 0.25) is 0 Å². The second kappa shape index (κ2) is 30.7. The summed E-state index contributed by atoms with van der Waals surface area (Å²) in [5, 5.41) is 68.3. The molecule has 27 heavy (non-hydrogen) atoms. The number of rotatable bonds is 6. The number of aliphatic carboxylic acids is 4. The van der Waals surface area contributed by atoms with Crippen LogP contribution in [0.1, 0.15) is 0 Å². The molecule has 0 bridgehead atoms. The zero-order chi connectivity index (χ0) is 16.6. The molecule has 0 saturated carbocycles. The minimum Gasteiger partial charge on any atom is -0.547 e. The number of aliphatic hydroxyl groups excluding tert-OH is 4. The van der Waals surface area contributed by atoms with Gasteiger partial charge in [-0.25, -0.2) is 9.59 Å². The Labute approximate surface area is 271 Å². The SMILES string of the molecule is O.O.O.O=C([O-])C(O)C(O)C(=O)O.O=C([O-])C(O)C(O)C(=O)O.[K+].[K+].[Sb].[Sb]. The van der Waals surface area contributed by atoms with Gasteiger partial charge in [-0.1, -0.05) is 0 Å². The summed E-state index contributed by atoms with van der Waals surface area (Å²) in [6, 6.07) is 0. The number of hydrogen-bond acceptors (Lipinski definition) is 10. The Morgan fingerprint density at radius 3 is 0.741 bits per heavy atom. The van der Waals surface area contributed by atoms with Gasteiger partial charge in [0.25, 0.3) is 0 Å². The molecule has 12 N–H and O–H groups in total. The van der Waals surface area contributed by atoms with Crippen LogP contribution >= 0.6 is 0 Å². The van der Waals surface area contributed by atoms with Gasteiger partial charge in [-0.15, -0.1) is 0 Å². The molecule has 0 rings (SSSR count). The molecule has 6 radical (unpaired) electrons. The van der Waals surface area contributed by atoms with Gasteiger partial charge in [0.05, 0.1) is 11.9 Å². The molecular formula is C8H16K2O15Sb2. The Kier molecular flexibility index (Phi) is 64.8. The van der Waals surface area contributed by atoms with Crippen LogP contribution in [0.3, 0.4) is 0 Å². The summed E-state index contributed by atoms with van der Waals surface area (Å²) in [5.74, 6) is -7.65. The van der Waals surface area contributed by atoms with Crippen LogP contribution in [0.4, 0.5) is 0 Å². The fraction of sp³-hybridized carbons (Fsp3) is 0.500. The molecule has 0 saturated heterocycles. The molecule has 0 spiro atoms. The Hall–Kier alpha value is 2.51. The first-order valence-electron chi connectivity index (χ1n) is 4.53. The van der Waals surface area contributed by atoms with E-state index in [1.165, 1.54) is 0 Å². The van der Waals surface area contributed by atoms with E-state index < -0.39 is 48.3 Å². The van der Waals surface area contributed by atoms with Crippen molar-refractivity contribution in [3.8, 4) is 0 Å². The number of carboxylic acid groups (broad SMARTS) is 4. The van der Waals surface area contributed by atoms with Gasteiger partial charge < -0.3 is 66.9 Å². The molecule has 19 heteroatoms. The van der Waals surface area contributed by atoms with Crippen LogP contribution < -0.4 is 113 Å². The van der Waals surface area contributed by atoms with Crippen molar-refractivity contribution in [1.82, 2.24) is 0 Å². The van der Waals surface area contributed by atoms with Crippen LogP contribution in [-0.2, 0) is 19.2 Å². The minimum absolute atomic E-state index is 0. The Bertz CT molecular complexity index is 326. The summed E-state index contributed by atoms with van der Waals surface area (Å²) in [7, 11) is 0. The fourth-order valence-electron chi connectivity index (χ4n) is 0.528. The van der Waals surface area contributed by atoms with E-state index in [1.807, 2.05) is 0 Å². The molecule has 4 unspecified atom stereocenters. The molecule has 0 aliphatic heterocycles. The number of carboxylic acids is 4. The predicted octanol–water partition coefficient (Wildman–Crippen LogP) is -16.1. The third-order valence-corrected chi connectivity index (χ3v) is 1.59. The van der Waals surface area contributed by atoms with Crippen LogP contribution in [0.2, 0.25) is 0 Å². The largest absolute Gasteiger partial charge is 1.00 e. The van der Waals surface area contributed by atoms with Crippen LogP contribution in [-0.4, -0.2) is 144 Å². The molecule has 0 fully saturated rings. The smallest absolute Gasteiger partial charge is 0.547 e. The maximum absolute atomic E-state index is 9.74. The molecular weight excluding hydrogens is 658 g/mol. The Morgan fingerprint density at radius 2 is 0.704 bits per heavy atom.